The second-order valence-corrected chi connectivity index (χ2v) is 5.32. The first-order valence-corrected chi connectivity index (χ1v) is 6.76. The SMILES string of the molecule is Cc1ccc(C(C)Nc2nc3ccc(Br)cn3n2)o1. The summed E-state index contributed by atoms with van der Waals surface area (Å²) in [4.78, 5) is 4.40. The van der Waals surface area contributed by atoms with Crippen LogP contribution in [0.15, 0.2) is 39.4 Å². The Morgan fingerprint density at radius 2 is 2.16 bits per heavy atom. The van der Waals surface area contributed by atoms with Gasteiger partial charge in [0.25, 0.3) is 0 Å². The van der Waals surface area contributed by atoms with Crippen molar-refractivity contribution in [3.05, 3.63) is 46.5 Å². The third kappa shape index (κ3) is 2.49. The van der Waals surface area contributed by atoms with E-state index in [4.69, 9.17) is 4.42 Å². The predicted molar refractivity (Wildman–Crippen MR) is 76.2 cm³/mol. The van der Waals surface area contributed by atoms with Crippen LogP contribution in [0, 0.1) is 6.92 Å². The lowest BCUT2D eigenvalue weighted by Gasteiger charge is -2.08. The topological polar surface area (TPSA) is 55.4 Å². The number of furan rings is 1. The Bertz CT molecular complexity index is 718. The van der Waals surface area contributed by atoms with Crippen LogP contribution in [0.4, 0.5) is 5.95 Å². The van der Waals surface area contributed by atoms with E-state index in [-0.39, 0.29) is 6.04 Å². The zero-order valence-corrected chi connectivity index (χ0v) is 12.2. The van der Waals surface area contributed by atoms with E-state index < -0.39 is 0 Å². The van der Waals surface area contributed by atoms with E-state index in [0.29, 0.717) is 5.95 Å². The predicted octanol–water partition coefficient (Wildman–Crippen LogP) is 3.57. The Labute approximate surface area is 118 Å². The number of rotatable bonds is 3. The molecule has 0 saturated carbocycles. The fraction of sp³-hybridized carbons (Fsp3) is 0.231. The molecule has 0 amide bonds. The summed E-state index contributed by atoms with van der Waals surface area (Å²) in [5.41, 5.74) is 0.800. The largest absolute Gasteiger partial charge is 0.464 e. The monoisotopic (exact) mass is 320 g/mol. The number of pyridine rings is 1. The minimum Gasteiger partial charge on any atom is -0.464 e. The normalized spacial score (nSPS) is 12.8. The van der Waals surface area contributed by atoms with Gasteiger partial charge in [0, 0.05) is 10.7 Å². The molecule has 1 unspecified atom stereocenters. The second-order valence-electron chi connectivity index (χ2n) is 4.40. The maximum atomic E-state index is 5.58. The highest BCUT2D eigenvalue weighted by molar-refractivity contribution is 9.10. The van der Waals surface area contributed by atoms with Crippen molar-refractivity contribution in [2.24, 2.45) is 0 Å². The Kier molecular flexibility index (Phi) is 3.02. The van der Waals surface area contributed by atoms with Gasteiger partial charge in [0.05, 0.1) is 6.04 Å². The molecule has 0 spiro atoms. The quantitative estimate of drug-likeness (QED) is 0.801. The Balaban J connectivity index is 1.85. The Hall–Kier alpha value is -1.82. The van der Waals surface area contributed by atoms with Gasteiger partial charge in [0.15, 0.2) is 5.65 Å². The van der Waals surface area contributed by atoms with E-state index in [0.717, 1.165) is 21.6 Å². The minimum absolute atomic E-state index is 0.0227. The van der Waals surface area contributed by atoms with Gasteiger partial charge in [-0.25, -0.2) is 4.52 Å². The average Bonchev–Trinajstić information content (AvgIpc) is 2.94. The van der Waals surface area contributed by atoms with E-state index >= 15 is 0 Å². The summed E-state index contributed by atoms with van der Waals surface area (Å²) in [5.74, 6) is 2.35. The molecule has 3 rings (SSSR count). The fourth-order valence-corrected chi connectivity index (χ4v) is 2.20. The van der Waals surface area contributed by atoms with Gasteiger partial charge in [-0.1, -0.05) is 0 Å². The standard InChI is InChI=1S/C13H13BrN4O/c1-8-3-5-11(19-8)9(2)15-13-16-12-6-4-10(14)7-18(12)17-13/h3-7,9H,1-2H3,(H,15,17). The van der Waals surface area contributed by atoms with Crippen molar-refractivity contribution in [1.82, 2.24) is 14.6 Å². The van der Waals surface area contributed by atoms with Gasteiger partial charge in [-0.15, -0.1) is 5.10 Å². The van der Waals surface area contributed by atoms with Crippen molar-refractivity contribution in [2.45, 2.75) is 19.9 Å². The Morgan fingerprint density at radius 3 is 2.89 bits per heavy atom. The van der Waals surface area contributed by atoms with Crippen molar-refractivity contribution >= 4 is 27.5 Å². The minimum atomic E-state index is 0.0227. The van der Waals surface area contributed by atoms with Gasteiger partial charge in [0.1, 0.15) is 11.5 Å². The number of nitrogens with zero attached hydrogens (tertiary/aromatic N) is 3. The number of aromatic nitrogens is 3. The van der Waals surface area contributed by atoms with Gasteiger partial charge in [-0.05, 0) is 54.0 Å². The number of anilines is 1. The van der Waals surface area contributed by atoms with E-state index in [1.54, 1.807) is 4.52 Å². The summed E-state index contributed by atoms with van der Waals surface area (Å²) >= 11 is 3.41. The molecule has 19 heavy (non-hydrogen) atoms. The molecule has 0 bridgehead atoms. The first-order chi connectivity index (χ1) is 9.11. The molecule has 3 aromatic rings. The van der Waals surface area contributed by atoms with Crippen LogP contribution in [0.25, 0.3) is 5.65 Å². The van der Waals surface area contributed by atoms with Crippen LogP contribution in [0.1, 0.15) is 24.5 Å². The molecule has 0 aliphatic rings. The van der Waals surface area contributed by atoms with Gasteiger partial charge < -0.3 is 9.73 Å². The zero-order chi connectivity index (χ0) is 13.4. The molecule has 0 radical (unpaired) electrons. The summed E-state index contributed by atoms with van der Waals surface area (Å²) in [6, 6.07) is 7.77. The number of halogens is 1. The molecule has 0 saturated heterocycles. The van der Waals surface area contributed by atoms with Gasteiger partial charge >= 0.3 is 0 Å². The van der Waals surface area contributed by atoms with Crippen molar-refractivity contribution in [3.8, 4) is 0 Å². The maximum Gasteiger partial charge on any atom is 0.243 e. The van der Waals surface area contributed by atoms with Crippen LogP contribution in [0.3, 0.4) is 0 Å². The highest BCUT2D eigenvalue weighted by Gasteiger charge is 2.12. The molecule has 5 nitrogen and oxygen atoms in total. The molecule has 3 aromatic heterocycles. The van der Waals surface area contributed by atoms with Crippen LogP contribution >= 0.6 is 15.9 Å². The number of hydrogen-bond donors (Lipinski definition) is 1. The summed E-state index contributed by atoms with van der Waals surface area (Å²) in [5, 5.41) is 7.60. The van der Waals surface area contributed by atoms with Crippen LogP contribution in [0.5, 0.6) is 0 Å². The van der Waals surface area contributed by atoms with Crippen LogP contribution < -0.4 is 5.32 Å². The van der Waals surface area contributed by atoms with Crippen molar-refractivity contribution in [2.75, 3.05) is 5.32 Å². The molecule has 3 heterocycles. The summed E-state index contributed by atoms with van der Waals surface area (Å²) < 4.78 is 8.27. The third-order valence-electron chi connectivity index (χ3n) is 2.83. The summed E-state index contributed by atoms with van der Waals surface area (Å²) in [7, 11) is 0. The number of hydrogen-bond acceptors (Lipinski definition) is 4. The molecule has 0 fully saturated rings. The van der Waals surface area contributed by atoms with Crippen molar-refractivity contribution < 1.29 is 4.42 Å². The highest BCUT2D eigenvalue weighted by atomic mass is 79.9. The fourth-order valence-electron chi connectivity index (χ4n) is 1.87. The maximum absolute atomic E-state index is 5.58. The van der Waals surface area contributed by atoms with Crippen LogP contribution in [-0.2, 0) is 0 Å². The van der Waals surface area contributed by atoms with Crippen LogP contribution in [0.2, 0.25) is 0 Å². The molecule has 0 aromatic carbocycles. The van der Waals surface area contributed by atoms with Gasteiger partial charge in [0.2, 0.25) is 5.95 Å². The molecule has 98 valence electrons. The highest BCUT2D eigenvalue weighted by Crippen LogP contribution is 2.20. The molecule has 0 aliphatic heterocycles. The summed E-state index contributed by atoms with van der Waals surface area (Å²) in [6.07, 6.45) is 1.87. The van der Waals surface area contributed by atoms with Gasteiger partial charge in [-0.2, -0.15) is 4.98 Å². The van der Waals surface area contributed by atoms with Gasteiger partial charge in [-0.3, -0.25) is 0 Å². The van der Waals surface area contributed by atoms with E-state index in [9.17, 15) is 0 Å². The number of fused-ring (bicyclic) bond motifs is 1. The number of aryl methyl sites for hydroxylation is 1. The van der Waals surface area contributed by atoms with E-state index in [1.165, 1.54) is 0 Å². The molecule has 1 N–H and O–H groups in total. The van der Waals surface area contributed by atoms with E-state index in [2.05, 4.69) is 31.3 Å². The molecule has 0 aliphatic carbocycles. The lowest BCUT2D eigenvalue weighted by molar-refractivity contribution is 0.466. The molecule has 6 heteroatoms. The lowest BCUT2D eigenvalue weighted by atomic mass is 10.2. The molecular weight excluding hydrogens is 308 g/mol. The smallest absolute Gasteiger partial charge is 0.243 e. The van der Waals surface area contributed by atoms with Crippen molar-refractivity contribution in [3.63, 3.8) is 0 Å². The first-order valence-electron chi connectivity index (χ1n) is 5.96. The number of nitrogens with one attached hydrogen (secondary N) is 1. The van der Waals surface area contributed by atoms with Crippen molar-refractivity contribution in [1.29, 1.82) is 0 Å². The third-order valence-corrected chi connectivity index (χ3v) is 3.30. The molecular formula is C13H13BrN4O. The first kappa shape index (κ1) is 12.2. The second kappa shape index (κ2) is 4.70. The van der Waals surface area contributed by atoms with Crippen LogP contribution in [-0.4, -0.2) is 14.6 Å². The summed E-state index contributed by atoms with van der Waals surface area (Å²) in [6.45, 7) is 3.94. The Morgan fingerprint density at radius 1 is 1.32 bits per heavy atom. The molecule has 1 atom stereocenters. The average molecular weight is 321 g/mol. The zero-order valence-electron chi connectivity index (χ0n) is 10.6. The van der Waals surface area contributed by atoms with E-state index in [1.807, 2.05) is 44.3 Å². The lowest BCUT2D eigenvalue weighted by Crippen LogP contribution is -2.07.